The Morgan fingerprint density at radius 2 is 1.95 bits per heavy atom. The summed E-state index contributed by atoms with van der Waals surface area (Å²) in [7, 11) is -3.59. The molecule has 116 valence electrons. The highest BCUT2D eigenvalue weighted by Crippen LogP contribution is 2.27. The largest absolute Gasteiger partial charge is 0.478 e. The molecule has 2 N–H and O–H groups in total. The highest BCUT2D eigenvalue weighted by molar-refractivity contribution is 7.99. The first-order valence-electron chi connectivity index (χ1n) is 6.81. The van der Waals surface area contributed by atoms with E-state index < -0.39 is 16.0 Å². The molecular formula is C14H19NO4S2. The van der Waals surface area contributed by atoms with E-state index in [4.69, 9.17) is 5.11 Å². The van der Waals surface area contributed by atoms with Gasteiger partial charge < -0.3 is 5.11 Å². The molecule has 2 unspecified atom stereocenters. The fourth-order valence-electron chi connectivity index (χ4n) is 2.53. The van der Waals surface area contributed by atoms with Crippen molar-refractivity contribution in [1.82, 2.24) is 4.72 Å². The van der Waals surface area contributed by atoms with Crippen molar-refractivity contribution in [2.75, 3.05) is 6.26 Å². The van der Waals surface area contributed by atoms with E-state index in [0.717, 1.165) is 25.7 Å². The second kappa shape index (κ2) is 6.81. The van der Waals surface area contributed by atoms with Crippen LogP contribution in [-0.2, 0) is 10.0 Å². The number of carboxylic acids is 1. The van der Waals surface area contributed by atoms with Gasteiger partial charge in [-0.1, -0.05) is 6.42 Å². The topological polar surface area (TPSA) is 83.5 Å². The third-order valence-corrected chi connectivity index (χ3v) is 6.32. The predicted octanol–water partition coefficient (Wildman–Crippen LogP) is 2.34. The van der Waals surface area contributed by atoms with Crippen LogP contribution in [-0.4, -0.2) is 37.0 Å². The van der Waals surface area contributed by atoms with Crippen LogP contribution in [0, 0.1) is 0 Å². The SMILES string of the molecule is CSC1CCCC(NS(=O)(=O)c2ccc(C(=O)O)cc2)C1. The van der Waals surface area contributed by atoms with Crippen LogP contribution >= 0.6 is 11.8 Å². The minimum absolute atomic E-state index is 0.0413. The molecular weight excluding hydrogens is 310 g/mol. The number of carbonyl (C=O) groups is 1. The zero-order valence-corrected chi connectivity index (χ0v) is 13.4. The summed E-state index contributed by atoms with van der Waals surface area (Å²) in [5.41, 5.74) is 0.0778. The first-order chi connectivity index (χ1) is 9.92. The number of rotatable bonds is 5. The van der Waals surface area contributed by atoms with E-state index in [2.05, 4.69) is 4.72 Å². The molecule has 7 heteroatoms. The van der Waals surface area contributed by atoms with E-state index in [-0.39, 0.29) is 16.5 Å². The van der Waals surface area contributed by atoms with Gasteiger partial charge >= 0.3 is 5.97 Å². The van der Waals surface area contributed by atoms with Crippen molar-refractivity contribution in [3.05, 3.63) is 29.8 Å². The lowest BCUT2D eigenvalue weighted by atomic mass is 9.96. The summed E-state index contributed by atoms with van der Waals surface area (Å²) >= 11 is 1.78. The Balaban J connectivity index is 2.09. The molecule has 0 spiro atoms. The molecule has 0 heterocycles. The molecule has 0 radical (unpaired) electrons. The molecule has 1 fully saturated rings. The van der Waals surface area contributed by atoms with Gasteiger partial charge in [-0.05, 0) is 49.8 Å². The van der Waals surface area contributed by atoms with Crippen LogP contribution in [0.2, 0.25) is 0 Å². The first-order valence-corrected chi connectivity index (χ1v) is 9.58. The summed E-state index contributed by atoms with van der Waals surface area (Å²) in [6.07, 6.45) is 5.90. The van der Waals surface area contributed by atoms with Crippen molar-refractivity contribution in [2.24, 2.45) is 0 Å². The zero-order valence-electron chi connectivity index (χ0n) is 11.8. The van der Waals surface area contributed by atoms with Crippen LogP contribution in [0.3, 0.4) is 0 Å². The summed E-state index contributed by atoms with van der Waals surface area (Å²) in [6.45, 7) is 0. The summed E-state index contributed by atoms with van der Waals surface area (Å²) in [5, 5.41) is 9.33. The van der Waals surface area contributed by atoms with E-state index in [0.29, 0.717) is 5.25 Å². The van der Waals surface area contributed by atoms with Crippen molar-refractivity contribution in [2.45, 2.75) is 41.9 Å². The van der Waals surface area contributed by atoms with Gasteiger partial charge in [-0.3, -0.25) is 0 Å². The van der Waals surface area contributed by atoms with Gasteiger partial charge in [0.05, 0.1) is 10.5 Å². The molecule has 1 aliphatic rings. The molecule has 1 aromatic rings. The normalized spacial score (nSPS) is 22.9. The number of nitrogens with one attached hydrogen (secondary N) is 1. The number of hydrogen-bond donors (Lipinski definition) is 2. The van der Waals surface area contributed by atoms with Crippen LogP contribution in [0.25, 0.3) is 0 Å². The van der Waals surface area contributed by atoms with Crippen molar-refractivity contribution in [3.8, 4) is 0 Å². The number of hydrogen-bond acceptors (Lipinski definition) is 4. The Morgan fingerprint density at radius 3 is 2.52 bits per heavy atom. The van der Waals surface area contributed by atoms with Crippen molar-refractivity contribution < 1.29 is 18.3 Å². The molecule has 2 rings (SSSR count). The molecule has 0 aliphatic heterocycles. The van der Waals surface area contributed by atoms with Crippen molar-refractivity contribution >= 4 is 27.8 Å². The molecule has 1 saturated carbocycles. The van der Waals surface area contributed by atoms with Gasteiger partial charge in [0.15, 0.2) is 0 Å². The number of benzene rings is 1. The van der Waals surface area contributed by atoms with Gasteiger partial charge in [0, 0.05) is 11.3 Å². The van der Waals surface area contributed by atoms with Gasteiger partial charge in [-0.25, -0.2) is 17.9 Å². The Hall–Kier alpha value is -1.05. The monoisotopic (exact) mass is 329 g/mol. The molecule has 0 bridgehead atoms. The van der Waals surface area contributed by atoms with E-state index >= 15 is 0 Å². The zero-order chi connectivity index (χ0) is 15.5. The molecule has 0 amide bonds. The van der Waals surface area contributed by atoms with E-state index in [1.54, 1.807) is 11.8 Å². The quantitative estimate of drug-likeness (QED) is 0.866. The average Bonchev–Trinajstić information content (AvgIpc) is 2.47. The lowest BCUT2D eigenvalue weighted by molar-refractivity contribution is 0.0696. The van der Waals surface area contributed by atoms with Gasteiger partial charge in [0.25, 0.3) is 0 Å². The molecule has 0 saturated heterocycles. The molecule has 0 aromatic heterocycles. The van der Waals surface area contributed by atoms with E-state index in [1.165, 1.54) is 24.3 Å². The maximum Gasteiger partial charge on any atom is 0.335 e. The van der Waals surface area contributed by atoms with Gasteiger partial charge in [-0.15, -0.1) is 0 Å². The van der Waals surface area contributed by atoms with Crippen molar-refractivity contribution in [3.63, 3.8) is 0 Å². The number of thioether (sulfide) groups is 1. The third-order valence-electron chi connectivity index (χ3n) is 3.69. The fraction of sp³-hybridized carbons (Fsp3) is 0.500. The standard InChI is InChI=1S/C14H19NO4S2/c1-20-12-4-2-3-11(9-12)15-21(18,19)13-7-5-10(6-8-13)14(16)17/h5-8,11-12,15H,2-4,9H2,1H3,(H,16,17). The van der Waals surface area contributed by atoms with Crippen LogP contribution in [0.4, 0.5) is 0 Å². The van der Waals surface area contributed by atoms with E-state index in [9.17, 15) is 13.2 Å². The maximum absolute atomic E-state index is 12.3. The summed E-state index contributed by atoms with van der Waals surface area (Å²) in [6, 6.07) is 5.24. The summed E-state index contributed by atoms with van der Waals surface area (Å²) in [4.78, 5) is 10.9. The lowest BCUT2D eigenvalue weighted by Crippen LogP contribution is -2.39. The Kier molecular flexibility index (Phi) is 5.29. The minimum Gasteiger partial charge on any atom is -0.478 e. The lowest BCUT2D eigenvalue weighted by Gasteiger charge is -2.28. The highest BCUT2D eigenvalue weighted by atomic mass is 32.2. The average molecular weight is 329 g/mol. The summed E-state index contributed by atoms with van der Waals surface area (Å²) < 4.78 is 27.4. The number of sulfonamides is 1. The Bertz CT molecular complexity index is 598. The maximum atomic E-state index is 12.3. The minimum atomic E-state index is -3.59. The van der Waals surface area contributed by atoms with Gasteiger partial charge in [0.2, 0.25) is 10.0 Å². The summed E-state index contributed by atoms with van der Waals surface area (Å²) in [5.74, 6) is -1.07. The second-order valence-electron chi connectivity index (χ2n) is 5.17. The van der Waals surface area contributed by atoms with Crippen LogP contribution in [0.5, 0.6) is 0 Å². The predicted molar refractivity (Wildman–Crippen MR) is 83.3 cm³/mol. The Labute approximate surface area is 129 Å². The Morgan fingerprint density at radius 1 is 1.29 bits per heavy atom. The van der Waals surface area contributed by atoms with Gasteiger partial charge in [0.1, 0.15) is 0 Å². The van der Waals surface area contributed by atoms with Crippen LogP contribution < -0.4 is 4.72 Å². The highest BCUT2D eigenvalue weighted by Gasteiger charge is 2.26. The number of carboxylic acid groups (broad SMARTS) is 1. The van der Waals surface area contributed by atoms with Gasteiger partial charge in [-0.2, -0.15) is 11.8 Å². The molecule has 1 aromatic carbocycles. The van der Waals surface area contributed by atoms with E-state index in [1.807, 2.05) is 6.26 Å². The second-order valence-corrected chi connectivity index (χ2v) is 8.02. The van der Waals surface area contributed by atoms with Crippen LogP contribution in [0.1, 0.15) is 36.0 Å². The first kappa shape index (κ1) is 16.3. The molecule has 1 aliphatic carbocycles. The fourth-order valence-corrected chi connectivity index (χ4v) is 4.64. The van der Waals surface area contributed by atoms with Crippen LogP contribution in [0.15, 0.2) is 29.2 Å². The molecule has 2 atom stereocenters. The molecule has 5 nitrogen and oxygen atoms in total. The van der Waals surface area contributed by atoms with Crippen molar-refractivity contribution in [1.29, 1.82) is 0 Å². The molecule has 21 heavy (non-hydrogen) atoms. The smallest absolute Gasteiger partial charge is 0.335 e. The third kappa shape index (κ3) is 4.21. The number of aromatic carboxylic acids is 1.